The second-order valence-electron chi connectivity index (χ2n) is 2.94. The van der Waals surface area contributed by atoms with Gasteiger partial charge in [0.1, 0.15) is 0 Å². The van der Waals surface area contributed by atoms with Crippen molar-refractivity contribution in [3.05, 3.63) is 35.9 Å². The summed E-state index contributed by atoms with van der Waals surface area (Å²) in [5, 5.41) is 0.353. The molecule has 1 N–H and O–H groups in total. The van der Waals surface area contributed by atoms with E-state index in [0.717, 1.165) is 11.5 Å². The van der Waals surface area contributed by atoms with Crippen LogP contribution in [0.1, 0.15) is 10.4 Å². The van der Waals surface area contributed by atoms with Crippen LogP contribution in [0.3, 0.4) is 0 Å². The summed E-state index contributed by atoms with van der Waals surface area (Å²) < 4.78 is 8.63. The fourth-order valence-electron chi connectivity index (χ4n) is 1.06. The van der Waals surface area contributed by atoms with Crippen LogP contribution in [0.5, 0.6) is 6.01 Å². The maximum Gasteiger partial charge on any atom is 0.362 e. The van der Waals surface area contributed by atoms with E-state index >= 15 is 0 Å². The van der Waals surface area contributed by atoms with E-state index in [2.05, 4.69) is 14.8 Å². The van der Waals surface area contributed by atoms with Gasteiger partial charge >= 0.3 is 12.0 Å². The average molecular weight is 251 g/mol. The van der Waals surface area contributed by atoms with Crippen LogP contribution in [-0.2, 0) is 4.84 Å². The zero-order valence-corrected chi connectivity index (χ0v) is 9.73. The molecule has 1 heterocycles. The highest BCUT2D eigenvalue weighted by molar-refractivity contribution is 7.09. The van der Waals surface area contributed by atoms with E-state index in [1.807, 2.05) is 6.07 Å². The first-order valence-electron chi connectivity index (χ1n) is 4.69. The maximum absolute atomic E-state index is 11.5. The van der Waals surface area contributed by atoms with Crippen molar-refractivity contribution < 1.29 is 14.4 Å². The van der Waals surface area contributed by atoms with E-state index in [-0.39, 0.29) is 6.01 Å². The van der Waals surface area contributed by atoms with E-state index in [4.69, 9.17) is 9.57 Å². The van der Waals surface area contributed by atoms with Gasteiger partial charge in [0.15, 0.2) is 0 Å². The van der Waals surface area contributed by atoms with Crippen molar-refractivity contribution in [1.82, 2.24) is 9.36 Å². The van der Waals surface area contributed by atoms with Gasteiger partial charge in [-0.15, -0.1) is 4.37 Å². The topological polar surface area (TPSA) is 73.3 Å². The normalized spacial score (nSPS) is 9.71. The van der Waals surface area contributed by atoms with Crippen LogP contribution < -0.4 is 10.2 Å². The molecule has 7 heteroatoms. The summed E-state index contributed by atoms with van der Waals surface area (Å²) in [6.07, 6.45) is 0. The molecule has 0 aliphatic rings. The maximum atomic E-state index is 11.5. The molecule has 1 aromatic heterocycles. The lowest BCUT2D eigenvalue weighted by atomic mass is 10.2. The third-order valence-corrected chi connectivity index (χ3v) is 2.43. The number of rotatable bonds is 4. The Morgan fingerprint density at radius 2 is 2.12 bits per heavy atom. The SMILES string of the molecule is COc1nsc(NOC(=O)c2ccccc2)n1. The van der Waals surface area contributed by atoms with Gasteiger partial charge in [-0.05, 0) is 12.1 Å². The Morgan fingerprint density at radius 3 is 2.76 bits per heavy atom. The number of aromatic nitrogens is 2. The average Bonchev–Trinajstić information content (AvgIpc) is 2.85. The summed E-state index contributed by atoms with van der Waals surface area (Å²) in [5.41, 5.74) is 2.87. The molecule has 0 bridgehead atoms. The van der Waals surface area contributed by atoms with E-state index in [1.54, 1.807) is 24.3 Å². The number of nitrogens with one attached hydrogen (secondary N) is 1. The van der Waals surface area contributed by atoms with Crippen LogP contribution in [0.15, 0.2) is 30.3 Å². The minimum atomic E-state index is -0.486. The summed E-state index contributed by atoms with van der Waals surface area (Å²) in [7, 11) is 1.46. The van der Waals surface area contributed by atoms with Crippen molar-refractivity contribution in [3.63, 3.8) is 0 Å². The highest BCUT2D eigenvalue weighted by Gasteiger charge is 2.08. The first-order chi connectivity index (χ1) is 8.29. The predicted octanol–water partition coefficient (Wildman–Crippen LogP) is 1.73. The van der Waals surface area contributed by atoms with Crippen molar-refractivity contribution in [2.45, 2.75) is 0 Å². The second-order valence-corrected chi connectivity index (χ2v) is 3.70. The summed E-state index contributed by atoms with van der Waals surface area (Å²) in [5.74, 6) is -0.486. The van der Waals surface area contributed by atoms with Gasteiger partial charge in [-0.25, -0.2) is 4.79 Å². The van der Waals surface area contributed by atoms with E-state index in [0.29, 0.717) is 10.7 Å². The molecular formula is C10H9N3O3S. The number of nitrogens with zero attached hydrogens (tertiary/aromatic N) is 2. The molecule has 0 spiro atoms. The molecule has 88 valence electrons. The predicted molar refractivity (Wildman–Crippen MR) is 61.9 cm³/mol. The minimum Gasteiger partial charge on any atom is -0.466 e. The molecule has 0 radical (unpaired) electrons. The van der Waals surface area contributed by atoms with Crippen molar-refractivity contribution in [2.75, 3.05) is 12.6 Å². The lowest BCUT2D eigenvalue weighted by Crippen LogP contribution is -2.10. The number of benzene rings is 1. The first-order valence-corrected chi connectivity index (χ1v) is 5.47. The summed E-state index contributed by atoms with van der Waals surface area (Å²) in [6.45, 7) is 0. The van der Waals surface area contributed by atoms with Crippen LogP contribution >= 0.6 is 11.5 Å². The Morgan fingerprint density at radius 1 is 1.35 bits per heavy atom. The van der Waals surface area contributed by atoms with Crippen LogP contribution in [0.2, 0.25) is 0 Å². The van der Waals surface area contributed by atoms with Crippen molar-refractivity contribution in [1.29, 1.82) is 0 Å². The van der Waals surface area contributed by atoms with Crippen LogP contribution in [0.4, 0.5) is 5.13 Å². The Balaban J connectivity index is 1.92. The Bertz CT molecular complexity index is 501. The molecule has 0 fully saturated rings. The molecule has 0 aliphatic heterocycles. The molecule has 1 aromatic carbocycles. The van der Waals surface area contributed by atoms with E-state index in [9.17, 15) is 4.79 Å². The Kier molecular flexibility index (Phi) is 3.51. The Hall–Kier alpha value is -2.15. The van der Waals surface area contributed by atoms with Gasteiger partial charge in [-0.1, -0.05) is 18.2 Å². The van der Waals surface area contributed by atoms with Gasteiger partial charge in [0.2, 0.25) is 5.13 Å². The van der Waals surface area contributed by atoms with Crippen molar-refractivity contribution in [2.24, 2.45) is 0 Å². The number of carbonyl (C=O) groups is 1. The molecule has 0 saturated heterocycles. The van der Waals surface area contributed by atoms with E-state index in [1.165, 1.54) is 7.11 Å². The largest absolute Gasteiger partial charge is 0.466 e. The number of anilines is 1. The fraction of sp³-hybridized carbons (Fsp3) is 0.100. The number of hydrogen-bond donors (Lipinski definition) is 1. The zero-order valence-electron chi connectivity index (χ0n) is 8.91. The highest BCUT2D eigenvalue weighted by atomic mass is 32.1. The second kappa shape index (κ2) is 5.26. The molecule has 17 heavy (non-hydrogen) atoms. The molecule has 0 amide bonds. The van der Waals surface area contributed by atoms with Gasteiger partial charge < -0.3 is 9.57 Å². The van der Waals surface area contributed by atoms with Crippen LogP contribution in [-0.4, -0.2) is 22.4 Å². The highest BCUT2D eigenvalue weighted by Crippen LogP contribution is 2.15. The molecular weight excluding hydrogens is 242 g/mol. The third kappa shape index (κ3) is 2.91. The monoisotopic (exact) mass is 251 g/mol. The lowest BCUT2D eigenvalue weighted by molar-refractivity contribution is 0.0596. The summed E-state index contributed by atoms with van der Waals surface area (Å²) >= 11 is 1.04. The number of carbonyl (C=O) groups excluding carboxylic acids is 1. The van der Waals surface area contributed by atoms with Gasteiger partial charge in [0, 0.05) is 11.5 Å². The van der Waals surface area contributed by atoms with Gasteiger partial charge in [-0.3, -0.25) is 0 Å². The number of hydrogen-bond acceptors (Lipinski definition) is 7. The molecule has 2 rings (SSSR count). The minimum absolute atomic E-state index is 0.230. The van der Waals surface area contributed by atoms with E-state index < -0.39 is 5.97 Å². The molecule has 0 aliphatic carbocycles. The van der Waals surface area contributed by atoms with Gasteiger partial charge in [0.25, 0.3) is 0 Å². The van der Waals surface area contributed by atoms with Crippen molar-refractivity contribution >= 4 is 22.6 Å². The van der Waals surface area contributed by atoms with Gasteiger partial charge in [0.05, 0.1) is 12.7 Å². The first kappa shape index (κ1) is 11.3. The Labute approximate surface area is 101 Å². The fourth-order valence-corrected chi connectivity index (χ4v) is 1.54. The molecule has 0 atom stereocenters. The van der Waals surface area contributed by atoms with Crippen molar-refractivity contribution in [3.8, 4) is 6.01 Å². The number of methoxy groups -OCH3 is 1. The number of ether oxygens (including phenoxy) is 1. The molecule has 2 aromatic rings. The molecule has 6 nitrogen and oxygen atoms in total. The van der Waals surface area contributed by atoms with Gasteiger partial charge in [-0.2, -0.15) is 10.5 Å². The smallest absolute Gasteiger partial charge is 0.362 e. The molecule has 0 unspecified atom stereocenters. The zero-order chi connectivity index (χ0) is 12.1. The standard InChI is InChI=1S/C10H9N3O3S/c1-15-9-11-10(17-13-9)12-16-8(14)7-5-3-2-4-6-7/h2-6H,1H3,(H,11,12,13). The third-order valence-electron chi connectivity index (χ3n) is 1.83. The molecule has 0 saturated carbocycles. The quantitative estimate of drug-likeness (QED) is 0.834. The van der Waals surface area contributed by atoms with Crippen LogP contribution in [0, 0.1) is 0 Å². The summed E-state index contributed by atoms with van der Waals surface area (Å²) in [4.78, 5) is 20.3. The summed E-state index contributed by atoms with van der Waals surface area (Å²) in [6, 6.07) is 8.87. The van der Waals surface area contributed by atoms with Crippen LogP contribution in [0.25, 0.3) is 0 Å². The lowest BCUT2D eigenvalue weighted by Gasteiger charge is -2.02.